The molecule has 0 aliphatic rings. The second-order valence-corrected chi connectivity index (χ2v) is 5.14. The number of nitrogens with zero attached hydrogens (tertiary/aromatic N) is 3. The van der Waals surface area contributed by atoms with Crippen molar-refractivity contribution in [3.63, 3.8) is 0 Å². The molecular weight excluding hydrogens is 278 g/mol. The second-order valence-electron chi connectivity index (χ2n) is 5.14. The summed E-state index contributed by atoms with van der Waals surface area (Å²) in [6.07, 6.45) is 1.31. The van der Waals surface area contributed by atoms with Gasteiger partial charge in [-0.05, 0) is 41.5 Å². The number of carboxylic acid groups (broad SMARTS) is 1. The van der Waals surface area contributed by atoms with Crippen molar-refractivity contribution in [1.29, 1.82) is 0 Å². The first kappa shape index (κ1) is 15.6. The Morgan fingerprint density at radius 2 is 1.77 bits per heavy atom. The first-order valence-electron chi connectivity index (χ1n) is 7.06. The summed E-state index contributed by atoms with van der Waals surface area (Å²) in [5, 5.41) is 12.9. The summed E-state index contributed by atoms with van der Waals surface area (Å²) < 4.78 is 0. The highest BCUT2D eigenvalue weighted by atomic mass is 16.4. The number of azide groups is 1. The zero-order valence-corrected chi connectivity index (χ0v) is 12.1. The molecular formula is C17H17N3O2. The molecule has 0 heterocycles. The van der Waals surface area contributed by atoms with E-state index in [1.807, 2.05) is 42.5 Å². The molecule has 0 fully saturated rings. The summed E-state index contributed by atoms with van der Waals surface area (Å²) in [5.74, 6) is -0.864. The van der Waals surface area contributed by atoms with E-state index in [2.05, 4.69) is 10.0 Å². The van der Waals surface area contributed by atoms with Crippen LogP contribution < -0.4 is 0 Å². The minimum atomic E-state index is -0.933. The summed E-state index contributed by atoms with van der Waals surface area (Å²) in [6.45, 7) is 0.347. The van der Waals surface area contributed by atoms with Crippen LogP contribution in [-0.2, 0) is 12.8 Å². The van der Waals surface area contributed by atoms with E-state index in [0.717, 1.165) is 17.5 Å². The summed E-state index contributed by atoms with van der Waals surface area (Å²) >= 11 is 0. The van der Waals surface area contributed by atoms with Crippen LogP contribution in [0.4, 0.5) is 0 Å². The molecule has 0 saturated carbocycles. The molecule has 0 aromatic heterocycles. The normalized spacial score (nSPS) is 11.5. The number of carbonyl (C=O) groups is 1. The van der Waals surface area contributed by atoms with E-state index in [0.29, 0.717) is 18.5 Å². The predicted octanol–water partition coefficient (Wildman–Crippen LogP) is 4.10. The fourth-order valence-corrected chi connectivity index (χ4v) is 2.52. The van der Waals surface area contributed by atoms with Crippen molar-refractivity contribution in [3.05, 3.63) is 81.7 Å². The molecule has 0 spiro atoms. The quantitative estimate of drug-likeness (QED) is 0.473. The van der Waals surface area contributed by atoms with Gasteiger partial charge in [0.2, 0.25) is 0 Å². The molecule has 0 aliphatic carbocycles. The van der Waals surface area contributed by atoms with Crippen LogP contribution in [0.2, 0.25) is 0 Å². The zero-order chi connectivity index (χ0) is 15.8. The molecule has 22 heavy (non-hydrogen) atoms. The van der Waals surface area contributed by atoms with Crippen LogP contribution in [0.3, 0.4) is 0 Å². The highest BCUT2D eigenvalue weighted by Gasteiger charge is 2.15. The molecule has 0 bridgehead atoms. The third-order valence-corrected chi connectivity index (χ3v) is 3.53. The molecule has 5 heteroatoms. The van der Waals surface area contributed by atoms with Crippen LogP contribution in [-0.4, -0.2) is 17.6 Å². The SMILES string of the molecule is [N-]=[N+]=NCC(Cc1ccccc1)Cc1ccccc1C(=O)O. The maximum atomic E-state index is 11.3. The van der Waals surface area contributed by atoms with Gasteiger partial charge in [-0.25, -0.2) is 4.79 Å². The molecule has 0 aliphatic heterocycles. The Balaban J connectivity index is 2.19. The van der Waals surface area contributed by atoms with Gasteiger partial charge in [0, 0.05) is 11.5 Å². The molecule has 2 aromatic carbocycles. The highest BCUT2D eigenvalue weighted by molar-refractivity contribution is 5.89. The number of hydrogen-bond acceptors (Lipinski definition) is 2. The van der Waals surface area contributed by atoms with E-state index in [1.54, 1.807) is 12.1 Å². The number of carboxylic acids is 1. The standard InChI is InChI=1S/C17H17N3O2/c18-20-19-12-14(10-13-6-2-1-3-7-13)11-15-8-4-5-9-16(15)17(21)22/h1-9,14H,10-12H2,(H,21,22). The number of aromatic carboxylic acids is 1. The summed E-state index contributed by atoms with van der Waals surface area (Å²) in [6, 6.07) is 16.9. The Hall–Kier alpha value is -2.78. The van der Waals surface area contributed by atoms with Crippen molar-refractivity contribution >= 4 is 5.97 Å². The van der Waals surface area contributed by atoms with Crippen molar-refractivity contribution < 1.29 is 9.90 Å². The smallest absolute Gasteiger partial charge is 0.335 e. The van der Waals surface area contributed by atoms with E-state index in [9.17, 15) is 9.90 Å². The largest absolute Gasteiger partial charge is 0.478 e. The van der Waals surface area contributed by atoms with Crippen molar-refractivity contribution in [2.75, 3.05) is 6.54 Å². The predicted molar refractivity (Wildman–Crippen MR) is 84.8 cm³/mol. The molecule has 1 atom stereocenters. The minimum Gasteiger partial charge on any atom is -0.478 e. The highest BCUT2D eigenvalue weighted by Crippen LogP contribution is 2.18. The zero-order valence-electron chi connectivity index (χ0n) is 12.1. The number of hydrogen-bond donors (Lipinski definition) is 1. The van der Waals surface area contributed by atoms with Gasteiger partial charge < -0.3 is 5.11 Å². The topological polar surface area (TPSA) is 86.1 Å². The van der Waals surface area contributed by atoms with Crippen molar-refractivity contribution in [2.45, 2.75) is 12.8 Å². The summed E-state index contributed by atoms with van der Waals surface area (Å²) in [7, 11) is 0. The fraction of sp³-hybridized carbons (Fsp3) is 0.235. The van der Waals surface area contributed by atoms with Crippen molar-refractivity contribution in [1.82, 2.24) is 0 Å². The van der Waals surface area contributed by atoms with E-state index in [4.69, 9.17) is 5.53 Å². The maximum absolute atomic E-state index is 11.3. The van der Waals surface area contributed by atoms with Crippen molar-refractivity contribution in [3.8, 4) is 0 Å². The number of benzene rings is 2. The van der Waals surface area contributed by atoms with Crippen LogP contribution in [0.25, 0.3) is 10.4 Å². The third kappa shape index (κ3) is 4.36. The second kappa shape index (κ2) is 7.86. The van der Waals surface area contributed by atoms with Crippen LogP contribution in [0.5, 0.6) is 0 Å². The lowest BCUT2D eigenvalue weighted by Crippen LogP contribution is -2.14. The van der Waals surface area contributed by atoms with Gasteiger partial charge in [0.15, 0.2) is 0 Å². The van der Waals surface area contributed by atoms with E-state index in [-0.39, 0.29) is 5.92 Å². The Morgan fingerprint density at radius 1 is 1.09 bits per heavy atom. The van der Waals surface area contributed by atoms with Crippen LogP contribution in [0, 0.1) is 5.92 Å². The molecule has 1 N–H and O–H groups in total. The molecule has 0 amide bonds. The Kier molecular flexibility index (Phi) is 5.57. The van der Waals surface area contributed by atoms with Crippen LogP contribution >= 0.6 is 0 Å². The van der Waals surface area contributed by atoms with Gasteiger partial charge in [0.05, 0.1) is 5.56 Å². The van der Waals surface area contributed by atoms with Gasteiger partial charge in [-0.1, -0.05) is 53.6 Å². The van der Waals surface area contributed by atoms with E-state index >= 15 is 0 Å². The average molecular weight is 295 g/mol. The third-order valence-electron chi connectivity index (χ3n) is 3.53. The van der Waals surface area contributed by atoms with Gasteiger partial charge in [-0.15, -0.1) is 0 Å². The van der Waals surface area contributed by atoms with Gasteiger partial charge in [0.1, 0.15) is 0 Å². The van der Waals surface area contributed by atoms with Crippen LogP contribution in [0.1, 0.15) is 21.5 Å². The number of rotatable bonds is 7. The minimum absolute atomic E-state index is 0.0683. The van der Waals surface area contributed by atoms with E-state index in [1.165, 1.54) is 0 Å². The molecule has 2 aromatic rings. The summed E-state index contributed by atoms with van der Waals surface area (Å²) in [5.41, 5.74) is 10.8. The van der Waals surface area contributed by atoms with Gasteiger partial charge >= 0.3 is 5.97 Å². The molecule has 112 valence electrons. The molecule has 0 saturated heterocycles. The first-order chi connectivity index (χ1) is 10.7. The van der Waals surface area contributed by atoms with Gasteiger partial charge in [-0.3, -0.25) is 0 Å². The maximum Gasteiger partial charge on any atom is 0.335 e. The average Bonchev–Trinajstić information content (AvgIpc) is 2.54. The lowest BCUT2D eigenvalue weighted by Gasteiger charge is -2.16. The molecule has 0 radical (unpaired) electrons. The Morgan fingerprint density at radius 3 is 2.45 bits per heavy atom. The monoisotopic (exact) mass is 295 g/mol. The molecule has 2 rings (SSSR count). The van der Waals surface area contributed by atoms with Crippen molar-refractivity contribution in [2.24, 2.45) is 11.0 Å². The lowest BCUT2D eigenvalue weighted by atomic mass is 9.90. The van der Waals surface area contributed by atoms with Gasteiger partial charge in [-0.2, -0.15) is 0 Å². The Labute approximate surface area is 128 Å². The van der Waals surface area contributed by atoms with E-state index < -0.39 is 5.97 Å². The Bertz CT molecular complexity index is 679. The van der Waals surface area contributed by atoms with Crippen LogP contribution in [0.15, 0.2) is 59.7 Å². The molecule has 5 nitrogen and oxygen atoms in total. The fourth-order valence-electron chi connectivity index (χ4n) is 2.52. The summed E-state index contributed by atoms with van der Waals surface area (Å²) in [4.78, 5) is 14.1. The van der Waals surface area contributed by atoms with Gasteiger partial charge in [0.25, 0.3) is 0 Å². The lowest BCUT2D eigenvalue weighted by molar-refractivity contribution is 0.0695. The molecule has 1 unspecified atom stereocenters. The first-order valence-corrected chi connectivity index (χ1v) is 7.06.